The van der Waals surface area contributed by atoms with Crippen molar-refractivity contribution in [2.24, 2.45) is 0 Å². The SMILES string of the molecule is O=C1/C(=C\c2ccc(F)cc2)SC(=S)N1C[C@@H]1CCCO1. The molecule has 0 aromatic heterocycles. The Hall–Kier alpha value is -1.24. The number of carbonyl (C=O) groups is 1. The summed E-state index contributed by atoms with van der Waals surface area (Å²) in [7, 11) is 0. The van der Waals surface area contributed by atoms with Crippen molar-refractivity contribution in [3.63, 3.8) is 0 Å². The lowest BCUT2D eigenvalue weighted by Crippen LogP contribution is -2.35. The number of thiocarbonyl (C=S) groups is 1. The third-order valence-corrected chi connectivity index (χ3v) is 4.83. The number of halogens is 1. The monoisotopic (exact) mass is 323 g/mol. The van der Waals surface area contributed by atoms with Crippen molar-refractivity contribution < 1.29 is 13.9 Å². The van der Waals surface area contributed by atoms with Crippen molar-refractivity contribution in [1.82, 2.24) is 4.90 Å². The Balaban J connectivity index is 1.74. The number of thioether (sulfide) groups is 1. The Bertz CT molecular complexity index is 594. The van der Waals surface area contributed by atoms with E-state index in [1.165, 1.54) is 23.9 Å². The number of nitrogens with zero attached hydrogens (tertiary/aromatic N) is 1. The molecule has 21 heavy (non-hydrogen) atoms. The maximum atomic E-state index is 12.9. The van der Waals surface area contributed by atoms with Gasteiger partial charge in [-0.15, -0.1) is 0 Å². The van der Waals surface area contributed by atoms with Crippen LogP contribution in [0.15, 0.2) is 29.2 Å². The Morgan fingerprint density at radius 1 is 1.43 bits per heavy atom. The van der Waals surface area contributed by atoms with E-state index in [1.54, 1.807) is 23.1 Å². The molecule has 2 aliphatic heterocycles. The smallest absolute Gasteiger partial charge is 0.266 e. The minimum absolute atomic E-state index is 0.0812. The molecule has 0 bridgehead atoms. The molecule has 2 fully saturated rings. The number of hydrogen-bond acceptors (Lipinski definition) is 4. The average molecular weight is 323 g/mol. The van der Waals surface area contributed by atoms with Gasteiger partial charge in [-0.25, -0.2) is 4.39 Å². The van der Waals surface area contributed by atoms with Crippen molar-refractivity contribution in [2.75, 3.05) is 13.2 Å². The van der Waals surface area contributed by atoms with Gasteiger partial charge in [-0.3, -0.25) is 9.69 Å². The average Bonchev–Trinajstić information content (AvgIpc) is 3.06. The molecule has 110 valence electrons. The predicted molar refractivity (Wildman–Crippen MR) is 85.3 cm³/mol. The standard InChI is InChI=1S/C15H14FNO2S2/c16-11-5-3-10(4-6-11)8-13-14(18)17(15(20)21-13)9-12-2-1-7-19-12/h3-6,8,12H,1-2,7,9H2/b13-8+/t12-/m0/s1. The van der Waals surface area contributed by atoms with Crippen LogP contribution in [0.2, 0.25) is 0 Å². The number of amides is 1. The Kier molecular flexibility index (Phi) is 4.37. The van der Waals surface area contributed by atoms with Crippen LogP contribution in [0.4, 0.5) is 4.39 Å². The summed E-state index contributed by atoms with van der Waals surface area (Å²) in [5.74, 6) is -0.386. The summed E-state index contributed by atoms with van der Waals surface area (Å²) < 4.78 is 19.0. The summed E-state index contributed by atoms with van der Waals surface area (Å²) in [5.41, 5.74) is 0.786. The normalized spacial score (nSPS) is 24.3. The number of carbonyl (C=O) groups excluding carboxylic acids is 1. The third kappa shape index (κ3) is 3.33. The van der Waals surface area contributed by atoms with Gasteiger partial charge in [0.05, 0.1) is 17.6 Å². The minimum atomic E-state index is -0.293. The molecule has 0 saturated carbocycles. The first kappa shape index (κ1) is 14.7. The first-order valence-electron chi connectivity index (χ1n) is 6.76. The van der Waals surface area contributed by atoms with E-state index in [9.17, 15) is 9.18 Å². The van der Waals surface area contributed by atoms with Crippen LogP contribution in [0.1, 0.15) is 18.4 Å². The second kappa shape index (κ2) is 6.25. The summed E-state index contributed by atoms with van der Waals surface area (Å²) in [4.78, 5) is 14.6. The first-order valence-corrected chi connectivity index (χ1v) is 7.98. The quantitative estimate of drug-likeness (QED) is 0.631. The van der Waals surface area contributed by atoms with Crippen LogP contribution in [0.25, 0.3) is 6.08 Å². The van der Waals surface area contributed by atoms with Crippen LogP contribution in [0, 0.1) is 5.82 Å². The fourth-order valence-electron chi connectivity index (χ4n) is 2.36. The van der Waals surface area contributed by atoms with Gasteiger partial charge in [-0.05, 0) is 36.6 Å². The van der Waals surface area contributed by atoms with E-state index in [2.05, 4.69) is 0 Å². The molecule has 2 saturated heterocycles. The van der Waals surface area contributed by atoms with E-state index in [0.29, 0.717) is 15.8 Å². The molecule has 1 amide bonds. The minimum Gasteiger partial charge on any atom is -0.376 e. The topological polar surface area (TPSA) is 29.5 Å². The lowest BCUT2D eigenvalue weighted by Gasteiger charge is -2.18. The zero-order valence-corrected chi connectivity index (χ0v) is 12.9. The predicted octanol–water partition coefficient (Wildman–Crippen LogP) is 3.21. The number of ether oxygens (including phenoxy) is 1. The number of rotatable bonds is 3. The van der Waals surface area contributed by atoms with E-state index in [-0.39, 0.29) is 17.8 Å². The van der Waals surface area contributed by atoms with Gasteiger partial charge < -0.3 is 4.74 Å². The van der Waals surface area contributed by atoms with Crippen molar-refractivity contribution in [3.05, 3.63) is 40.6 Å². The summed E-state index contributed by atoms with van der Waals surface area (Å²) in [6.45, 7) is 1.27. The Morgan fingerprint density at radius 3 is 2.86 bits per heavy atom. The van der Waals surface area contributed by atoms with Gasteiger partial charge in [-0.2, -0.15) is 0 Å². The highest BCUT2D eigenvalue weighted by molar-refractivity contribution is 8.26. The van der Waals surface area contributed by atoms with Crippen LogP contribution in [-0.4, -0.2) is 34.4 Å². The molecule has 1 atom stereocenters. The highest BCUT2D eigenvalue weighted by Gasteiger charge is 2.34. The van der Waals surface area contributed by atoms with Gasteiger partial charge in [-0.1, -0.05) is 36.1 Å². The molecule has 1 aromatic carbocycles. The maximum Gasteiger partial charge on any atom is 0.266 e. The van der Waals surface area contributed by atoms with Gasteiger partial charge in [0.1, 0.15) is 10.1 Å². The van der Waals surface area contributed by atoms with Crippen LogP contribution >= 0.6 is 24.0 Å². The largest absolute Gasteiger partial charge is 0.376 e. The van der Waals surface area contributed by atoms with E-state index in [1.807, 2.05) is 0 Å². The van der Waals surface area contributed by atoms with Crippen LogP contribution < -0.4 is 0 Å². The third-order valence-electron chi connectivity index (χ3n) is 3.45. The van der Waals surface area contributed by atoms with Crippen LogP contribution in [0.3, 0.4) is 0 Å². The highest BCUT2D eigenvalue weighted by Crippen LogP contribution is 2.33. The maximum absolute atomic E-state index is 12.9. The fraction of sp³-hybridized carbons (Fsp3) is 0.333. The summed E-state index contributed by atoms with van der Waals surface area (Å²) >= 11 is 6.56. The summed E-state index contributed by atoms with van der Waals surface area (Å²) in [6, 6.07) is 6.03. The van der Waals surface area contributed by atoms with Crippen LogP contribution in [-0.2, 0) is 9.53 Å². The van der Waals surface area contributed by atoms with Crippen molar-refractivity contribution >= 4 is 40.3 Å². The highest BCUT2D eigenvalue weighted by atomic mass is 32.2. The molecule has 3 nitrogen and oxygen atoms in total. The molecule has 2 aliphatic rings. The number of benzene rings is 1. The Labute approximate surface area is 132 Å². The lowest BCUT2D eigenvalue weighted by molar-refractivity contribution is -0.123. The first-order chi connectivity index (χ1) is 10.1. The van der Waals surface area contributed by atoms with E-state index in [0.717, 1.165) is 25.0 Å². The summed E-state index contributed by atoms with van der Waals surface area (Å²) in [5, 5.41) is 0. The summed E-state index contributed by atoms with van der Waals surface area (Å²) in [6.07, 6.45) is 3.82. The van der Waals surface area contributed by atoms with E-state index < -0.39 is 0 Å². The molecule has 0 N–H and O–H groups in total. The molecule has 1 aromatic rings. The second-order valence-corrected chi connectivity index (χ2v) is 6.65. The number of hydrogen-bond donors (Lipinski definition) is 0. The fourth-order valence-corrected chi connectivity index (χ4v) is 3.63. The van der Waals surface area contributed by atoms with Gasteiger partial charge in [0.2, 0.25) is 0 Å². The molecule has 2 heterocycles. The second-order valence-electron chi connectivity index (χ2n) is 4.98. The molecule has 0 spiro atoms. The van der Waals surface area contributed by atoms with Crippen molar-refractivity contribution in [3.8, 4) is 0 Å². The molecule has 0 unspecified atom stereocenters. The zero-order chi connectivity index (χ0) is 14.8. The van der Waals surface area contributed by atoms with Gasteiger partial charge in [0.25, 0.3) is 5.91 Å². The molecular formula is C15H14FNO2S2. The zero-order valence-electron chi connectivity index (χ0n) is 11.3. The Morgan fingerprint density at radius 2 is 2.19 bits per heavy atom. The van der Waals surface area contributed by atoms with Gasteiger partial charge in [0.15, 0.2) is 0 Å². The molecule has 6 heteroatoms. The van der Waals surface area contributed by atoms with Crippen molar-refractivity contribution in [2.45, 2.75) is 18.9 Å². The molecule has 0 aliphatic carbocycles. The van der Waals surface area contributed by atoms with Crippen molar-refractivity contribution in [1.29, 1.82) is 0 Å². The van der Waals surface area contributed by atoms with E-state index in [4.69, 9.17) is 17.0 Å². The van der Waals surface area contributed by atoms with Crippen LogP contribution in [0.5, 0.6) is 0 Å². The molecule has 3 rings (SSSR count). The van der Waals surface area contributed by atoms with Gasteiger partial charge in [0, 0.05) is 6.61 Å². The van der Waals surface area contributed by atoms with Gasteiger partial charge >= 0.3 is 0 Å². The molecule has 0 radical (unpaired) electrons. The lowest BCUT2D eigenvalue weighted by atomic mass is 10.2. The molecular weight excluding hydrogens is 309 g/mol. The van der Waals surface area contributed by atoms with E-state index >= 15 is 0 Å².